The number of hydrogen-bond acceptors (Lipinski definition) is 5. The van der Waals surface area contributed by atoms with Crippen molar-refractivity contribution in [3.05, 3.63) is 11.6 Å². The summed E-state index contributed by atoms with van der Waals surface area (Å²) >= 11 is 0. The zero-order valence-corrected chi connectivity index (χ0v) is 16.8. The summed E-state index contributed by atoms with van der Waals surface area (Å²) in [4.78, 5) is 37.8. The van der Waals surface area contributed by atoms with Crippen molar-refractivity contribution in [3.8, 4) is 0 Å². The van der Waals surface area contributed by atoms with Gasteiger partial charge in [0, 0.05) is 29.6 Å². The summed E-state index contributed by atoms with van der Waals surface area (Å²) in [6.07, 6.45) is 3.27. The average molecular weight is 392 g/mol. The Kier molecular flexibility index (Phi) is 4.13. The summed E-state index contributed by atoms with van der Waals surface area (Å²) in [7, 11) is 0. The van der Waals surface area contributed by atoms with Crippen molar-refractivity contribution in [2.24, 2.45) is 28.6 Å². The van der Waals surface area contributed by atoms with E-state index in [9.17, 15) is 24.6 Å². The maximum atomic E-state index is 16.8. The van der Waals surface area contributed by atoms with Crippen LogP contribution in [0.2, 0.25) is 0 Å². The second-order valence-corrected chi connectivity index (χ2v) is 9.93. The molecule has 0 heterocycles. The van der Waals surface area contributed by atoms with Crippen molar-refractivity contribution in [3.63, 3.8) is 0 Å². The molecule has 154 valence electrons. The molecule has 0 bridgehead atoms. The Morgan fingerprint density at radius 2 is 1.93 bits per heavy atom. The number of alkyl halides is 1. The number of hydrogen-bond donors (Lipinski definition) is 2. The Hall–Kier alpha value is -1.40. The second kappa shape index (κ2) is 5.82. The number of fused-ring (bicyclic) bond motifs is 5. The van der Waals surface area contributed by atoms with Gasteiger partial charge in [-0.05, 0) is 43.6 Å². The highest BCUT2D eigenvalue weighted by molar-refractivity contribution is 5.97. The van der Waals surface area contributed by atoms with Crippen molar-refractivity contribution in [2.45, 2.75) is 70.6 Å². The second-order valence-electron chi connectivity index (χ2n) is 9.93. The zero-order valence-electron chi connectivity index (χ0n) is 16.8. The molecular formula is C22H29FO5. The van der Waals surface area contributed by atoms with Crippen LogP contribution in [-0.2, 0) is 14.4 Å². The average Bonchev–Trinajstić information content (AvgIpc) is 2.84. The van der Waals surface area contributed by atoms with Gasteiger partial charge in [0.05, 0.1) is 0 Å². The lowest BCUT2D eigenvalue weighted by molar-refractivity contribution is -0.191. The molecule has 4 aliphatic rings. The van der Waals surface area contributed by atoms with E-state index < -0.39 is 52.1 Å². The van der Waals surface area contributed by atoms with Crippen LogP contribution < -0.4 is 0 Å². The van der Waals surface area contributed by atoms with Gasteiger partial charge in [0.25, 0.3) is 0 Å². The van der Waals surface area contributed by atoms with E-state index in [1.165, 1.54) is 6.08 Å². The van der Waals surface area contributed by atoms with Crippen molar-refractivity contribution >= 4 is 17.3 Å². The molecule has 6 heteroatoms. The summed E-state index contributed by atoms with van der Waals surface area (Å²) in [5, 5.41) is 20.8. The maximum Gasteiger partial charge on any atom is 0.190 e. The van der Waals surface area contributed by atoms with Gasteiger partial charge in [-0.15, -0.1) is 0 Å². The maximum absolute atomic E-state index is 16.8. The first-order valence-electron chi connectivity index (χ1n) is 10.3. The standard InChI is InChI=1S/C22H29FO5/c1-12-8-16-15-5-4-13-9-14(25)6-7-19(13,2)21(15,23)17(26)10-20(16,3)22(12,28)18(27)11-24/h9,12,15-16,24,28H,4-8,10-11H2,1-3H3/t12-,15-,16-,19-,20-,21-,22-/m0/s1. The van der Waals surface area contributed by atoms with E-state index in [1.807, 2.05) is 0 Å². The van der Waals surface area contributed by atoms with Crippen LogP contribution in [0.1, 0.15) is 59.3 Å². The van der Waals surface area contributed by atoms with Gasteiger partial charge < -0.3 is 10.2 Å². The van der Waals surface area contributed by atoms with Crippen LogP contribution in [-0.4, -0.2) is 45.4 Å². The summed E-state index contributed by atoms with van der Waals surface area (Å²) in [5.41, 5.74) is -5.29. The van der Waals surface area contributed by atoms with E-state index in [0.717, 1.165) is 5.57 Å². The highest BCUT2D eigenvalue weighted by Gasteiger charge is 2.75. The van der Waals surface area contributed by atoms with Gasteiger partial charge in [0.2, 0.25) is 0 Å². The molecule has 4 aliphatic carbocycles. The van der Waals surface area contributed by atoms with Crippen molar-refractivity contribution < 1.29 is 29.0 Å². The van der Waals surface area contributed by atoms with Crippen LogP contribution in [0.3, 0.4) is 0 Å². The first-order valence-corrected chi connectivity index (χ1v) is 10.3. The van der Waals surface area contributed by atoms with E-state index in [4.69, 9.17) is 0 Å². The topological polar surface area (TPSA) is 91.7 Å². The number of Topliss-reactive ketones (excluding diaryl/α,β-unsaturated/α-hetero) is 2. The number of carbonyl (C=O) groups excluding carboxylic acids is 3. The Morgan fingerprint density at radius 1 is 1.25 bits per heavy atom. The quantitative estimate of drug-likeness (QED) is 0.753. The minimum Gasteiger partial charge on any atom is -0.388 e. The van der Waals surface area contributed by atoms with Gasteiger partial charge in [-0.2, -0.15) is 0 Å². The molecule has 0 aromatic rings. The third-order valence-electron chi connectivity index (χ3n) is 8.95. The minimum atomic E-state index is -2.09. The molecule has 0 radical (unpaired) electrons. The molecule has 0 aliphatic heterocycles. The monoisotopic (exact) mass is 392 g/mol. The number of aliphatic hydroxyl groups is 2. The first-order chi connectivity index (χ1) is 13.0. The number of carbonyl (C=O) groups is 3. The minimum absolute atomic E-state index is 0.0139. The zero-order chi connectivity index (χ0) is 20.7. The lowest BCUT2D eigenvalue weighted by atomic mass is 9.44. The van der Waals surface area contributed by atoms with Crippen molar-refractivity contribution in [1.82, 2.24) is 0 Å². The van der Waals surface area contributed by atoms with Gasteiger partial charge in [-0.3, -0.25) is 14.4 Å². The van der Waals surface area contributed by atoms with Crippen molar-refractivity contribution in [1.29, 1.82) is 0 Å². The molecule has 3 fully saturated rings. The van der Waals surface area contributed by atoms with Crippen LogP contribution in [0, 0.1) is 28.6 Å². The van der Waals surface area contributed by atoms with E-state index in [-0.39, 0.29) is 24.5 Å². The highest BCUT2D eigenvalue weighted by atomic mass is 19.1. The normalized spacial score (nSPS) is 50.5. The van der Waals surface area contributed by atoms with E-state index in [1.54, 1.807) is 20.8 Å². The first kappa shape index (κ1) is 19.9. The molecular weight excluding hydrogens is 363 g/mol. The molecule has 0 amide bonds. The van der Waals surface area contributed by atoms with Crippen LogP contribution in [0.15, 0.2) is 11.6 Å². The third kappa shape index (κ3) is 2.01. The Labute approximate surface area is 164 Å². The van der Waals surface area contributed by atoms with Gasteiger partial charge >= 0.3 is 0 Å². The fourth-order valence-corrected chi connectivity index (χ4v) is 7.34. The SMILES string of the molecule is C[C@H]1C[C@H]2[C@@H]3CCC4=CC(=O)CC[C@]4(C)[C@@]3(F)C(=O)C[C@]2(C)[C@@]1(O)C(=O)CO. The number of halogens is 1. The van der Waals surface area contributed by atoms with Crippen LogP contribution in [0.25, 0.3) is 0 Å². The number of ketones is 3. The molecule has 5 nitrogen and oxygen atoms in total. The number of aliphatic hydroxyl groups excluding tert-OH is 1. The predicted molar refractivity (Wildman–Crippen MR) is 99.0 cm³/mol. The summed E-state index contributed by atoms with van der Waals surface area (Å²) in [6.45, 7) is 4.43. The fourth-order valence-electron chi connectivity index (χ4n) is 7.34. The van der Waals surface area contributed by atoms with Crippen LogP contribution in [0.4, 0.5) is 4.39 Å². The molecule has 3 saturated carbocycles. The molecule has 0 saturated heterocycles. The lowest BCUT2D eigenvalue weighted by Gasteiger charge is -2.60. The third-order valence-corrected chi connectivity index (χ3v) is 8.95. The van der Waals surface area contributed by atoms with E-state index in [2.05, 4.69) is 0 Å². The van der Waals surface area contributed by atoms with Crippen LogP contribution >= 0.6 is 0 Å². The number of rotatable bonds is 2. The Bertz CT molecular complexity index is 805. The molecule has 2 N–H and O–H groups in total. The molecule has 0 aromatic carbocycles. The molecule has 4 rings (SSSR count). The van der Waals surface area contributed by atoms with E-state index >= 15 is 4.39 Å². The predicted octanol–water partition coefficient (Wildman–Crippen LogP) is 2.33. The lowest BCUT2D eigenvalue weighted by Crippen LogP contribution is -2.68. The molecule has 7 atom stereocenters. The van der Waals surface area contributed by atoms with Gasteiger partial charge in [-0.25, -0.2) is 4.39 Å². The fraction of sp³-hybridized carbons (Fsp3) is 0.773. The Balaban J connectivity index is 1.84. The smallest absolute Gasteiger partial charge is 0.190 e. The van der Waals surface area contributed by atoms with Gasteiger partial charge in [0.15, 0.2) is 23.0 Å². The molecule has 28 heavy (non-hydrogen) atoms. The van der Waals surface area contributed by atoms with Crippen LogP contribution in [0.5, 0.6) is 0 Å². The highest BCUT2D eigenvalue weighted by Crippen LogP contribution is 2.70. The van der Waals surface area contributed by atoms with Gasteiger partial charge in [-0.1, -0.05) is 26.3 Å². The Morgan fingerprint density at radius 3 is 2.57 bits per heavy atom. The summed E-state index contributed by atoms with van der Waals surface area (Å²) in [5.74, 6) is -2.67. The van der Waals surface area contributed by atoms with E-state index in [0.29, 0.717) is 25.7 Å². The molecule has 0 aromatic heterocycles. The number of allylic oxidation sites excluding steroid dienone is 1. The summed E-state index contributed by atoms with van der Waals surface area (Å²) in [6, 6.07) is 0. The largest absolute Gasteiger partial charge is 0.388 e. The van der Waals surface area contributed by atoms with Crippen molar-refractivity contribution in [2.75, 3.05) is 6.61 Å². The molecule has 0 spiro atoms. The van der Waals surface area contributed by atoms with Gasteiger partial charge in [0.1, 0.15) is 12.2 Å². The molecule has 0 unspecified atom stereocenters. The summed E-state index contributed by atoms with van der Waals surface area (Å²) < 4.78 is 16.8.